The number of benzene rings is 9. The van der Waals surface area contributed by atoms with Crippen LogP contribution in [-0.2, 0) is 0 Å². The maximum atomic E-state index is 5.09. The summed E-state index contributed by atoms with van der Waals surface area (Å²) in [4.78, 5) is 15.2. The standard InChI is InChI=1S/C49H31N3/c1-2-13-35(14-3-1)46-44-17-9-8-12-34(44)26-27-45(46)40-22-20-39-31-43(25-21-38(39)28-40)49-51-47(41-23-18-32-10-4-6-15-36(32)29-41)50-48(52-49)42-24-19-33-11-5-7-16-37(33)30-42/h1-31H. The SMILES string of the molecule is c1ccc(-c2c(-c3ccc4cc(-c5nc(-c6ccc7ccccc7c6)nc(-c6ccc7ccccc7c6)n5)ccc4c3)ccc3ccccc23)cc1. The molecule has 3 heteroatoms. The van der Waals surface area contributed by atoms with E-state index in [0.29, 0.717) is 17.5 Å². The van der Waals surface area contributed by atoms with Gasteiger partial charge in [-0.15, -0.1) is 0 Å². The minimum atomic E-state index is 0.646. The van der Waals surface area contributed by atoms with Crippen molar-refractivity contribution in [3.63, 3.8) is 0 Å². The lowest BCUT2D eigenvalue weighted by atomic mass is 9.89. The highest BCUT2D eigenvalue weighted by atomic mass is 15.0. The Bertz CT molecular complexity index is 2870. The van der Waals surface area contributed by atoms with Gasteiger partial charge in [0.05, 0.1) is 0 Å². The highest BCUT2D eigenvalue weighted by Crippen LogP contribution is 2.39. The number of fused-ring (bicyclic) bond motifs is 4. The maximum Gasteiger partial charge on any atom is 0.164 e. The Labute approximate surface area is 301 Å². The lowest BCUT2D eigenvalue weighted by Gasteiger charge is -2.15. The Morgan fingerprint density at radius 2 is 0.635 bits per heavy atom. The minimum Gasteiger partial charge on any atom is -0.208 e. The largest absolute Gasteiger partial charge is 0.208 e. The van der Waals surface area contributed by atoms with Crippen LogP contribution in [0.25, 0.3) is 99.5 Å². The second kappa shape index (κ2) is 12.4. The number of nitrogens with zero attached hydrogens (tertiary/aromatic N) is 3. The van der Waals surface area contributed by atoms with E-state index in [1.165, 1.54) is 43.8 Å². The van der Waals surface area contributed by atoms with Crippen molar-refractivity contribution in [2.45, 2.75) is 0 Å². The van der Waals surface area contributed by atoms with E-state index < -0.39 is 0 Å². The van der Waals surface area contributed by atoms with Crippen molar-refractivity contribution in [1.29, 1.82) is 0 Å². The van der Waals surface area contributed by atoms with Gasteiger partial charge in [-0.2, -0.15) is 0 Å². The summed E-state index contributed by atoms with van der Waals surface area (Å²) >= 11 is 0. The smallest absolute Gasteiger partial charge is 0.164 e. The minimum absolute atomic E-state index is 0.646. The fourth-order valence-corrected chi connectivity index (χ4v) is 7.40. The number of rotatable bonds is 5. The molecule has 0 radical (unpaired) electrons. The van der Waals surface area contributed by atoms with Crippen LogP contribution >= 0.6 is 0 Å². The van der Waals surface area contributed by atoms with E-state index in [1.54, 1.807) is 0 Å². The first-order valence-electron chi connectivity index (χ1n) is 17.6. The summed E-state index contributed by atoms with van der Waals surface area (Å²) in [7, 11) is 0. The highest BCUT2D eigenvalue weighted by Gasteiger charge is 2.16. The molecule has 3 nitrogen and oxygen atoms in total. The summed E-state index contributed by atoms with van der Waals surface area (Å²) in [5, 5.41) is 9.44. The average molecular weight is 662 g/mol. The van der Waals surface area contributed by atoms with Gasteiger partial charge in [0.25, 0.3) is 0 Å². The highest BCUT2D eigenvalue weighted by molar-refractivity contribution is 6.05. The molecule has 1 aromatic heterocycles. The zero-order chi connectivity index (χ0) is 34.4. The molecule has 0 fully saturated rings. The van der Waals surface area contributed by atoms with Crippen LogP contribution in [0.4, 0.5) is 0 Å². The summed E-state index contributed by atoms with van der Waals surface area (Å²) in [6.45, 7) is 0. The maximum absolute atomic E-state index is 5.09. The second-order valence-corrected chi connectivity index (χ2v) is 13.3. The molecule has 0 saturated carbocycles. The van der Waals surface area contributed by atoms with Gasteiger partial charge in [0.2, 0.25) is 0 Å². The molecule has 0 spiro atoms. The third-order valence-corrected chi connectivity index (χ3v) is 10.1. The molecular weight excluding hydrogens is 631 g/mol. The quantitative estimate of drug-likeness (QED) is 0.184. The first-order valence-corrected chi connectivity index (χ1v) is 17.6. The summed E-state index contributed by atoms with van der Waals surface area (Å²) in [6, 6.07) is 66.6. The summed E-state index contributed by atoms with van der Waals surface area (Å²) in [5.74, 6) is 1.95. The molecular formula is C49H31N3. The van der Waals surface area contributed by atoms with Gasteiger partial charge in [-0.05, 0) is 89.6 Å². The lowest BCUT2D eigenvalue weighted by molar-refractivity contribution is 1.08. The zero-order valence-corrected chi connectivity index (χ0v) is 28.2. The van der Waals surface area contributed by atoms with Crippen molar-refractivity contribution in [1.82, 2.24) is 15.0 Å². The van der Waals surface area contributed by atoms with Gasteiger partial charge in [0.1, 0.15) is 0 Å². The van der Waals surface area contributed by atoms with Crippen molar-refractivity contribution in [2.75, 3.05) is 0 Å². The topological polar surface area (TPSA) is 38.7 Å². The molecule has 0 aliphatic rings. The first-order chi connectivity index (χ1) is 25.7. The normalized spacial score (nSPS) is 11.5. The molecule has 0 amide bonds. The number of aromatic nitrogens is 3. The van der Waals surface area contributed by atoms with Crippen LogP contribution in [0.1, 0.15) is 0 Å². The molecule has 10 aromatic rings. The van der Waals surface area contributed by atoms with Gasteiger partial charge in [-0.25, -0.2) is 15.0 Å². The van der Waals surface area contributed by atoms with E-state index in [2.05, 4.69) is 188 Å². The molecule has 10 rings (SSSR count). The summed E-state index contributed by atoms with van der Waals surface area (Å²) in [5.41, 5.74) is 7.73. The van der Waals surface area contributed by atoms with E-state index in [1.807, 2.05) is 0 Å². The molecule has 0 atom stereocenters. The van der Waals surface area contributed by atoms with E-state index in [0.717, 1.165) is 38.2 Å². The van der Waals surface area contributed by atoms with Gasteiger partial charge in [-0.1, -0.05) is 164 Å². The van der Waals surface area contributed by atoms with Gasteiger partial charge >= 0.3 is 0 Å². The molecule has 0 unspecified atom stereocenters. The van der Waals surface area contributed by atoms with Crippen molar-refractivity contribution in [3.8, 4) is 56.4 Å². The molecule has 0 aliphatic carbocycles. The van der Waals surface area contributed by atoms with Crippen LogP contribution in [0.3, 0.4) is 0 Å². The molecule has 0 aliphatic heterocycles. The van der Waals surface area contributed by atoms with E-state index in [9.17, 15) is 0 Å². The molecule has 52 heavy (non-hydrogen) atoms. The Kier molecular flexibility index (Phi) is 7.14. The van der Waals surface area contributed by atoms with Crippen LogP contribution in [0.5, 0.6) is 0 Å². The van der Waals surface area contributed by atoms with Gasteiger partial charge in [0, 0.05) is 16.7 Å². The average Bonchev–Trinajstić information content (AvgIpc) is 3.22. The second-order valence-electron chi connectivity index (χ2n) is 13.3. The molecule has 0 saturated heterocycles. The van der Waals surface area contributed by atoms with Crippen LogP contribution in [0.15, 0.2) is 188 Å². The number of hydrogen-bond donors (Lipinski definition) is 0. The summed E-state index contributed by atoms with van der Waals surface area (Å²) < 4.78 is 0. The Hall–Kier alpha value is -6.97. The van der Waals surface area contributed by atoms with Crippen molar-refractivity contribution in [3.05, 3.63) is 188 Å². The van der Waals surface area contributed by atoms with Gasteiger partial charge < -0.3 is 0 Å². The Balaban J connectivity index is 1.10. The zero-order valence-electron chi connectivity index (χ0n) is 28.2. The van der Waals surface area contributed by atoms with E-state index >= 15 is 0 Å². The van der Waals surface area contributed by atoms with Crippen LogP contribution in [0.2, 0.25) is 0 Å². The van der Waals surface area contributed by atoms with Crippen molar-refractivity contribution in [2.24, 2.45) is 0 Å². The Morgan fingerprint density at radius 3 is 1.19 bits per heavy atom. The predicted molar refractivity (Wildman–Crippen MR) is 217 cm³/mol. The van der Waals surface area contributed by atoms with Crippen molar-refractivity contribution >= 4 is 43.1 Å². The van der Waals surface area contributed by atoms with Crippen LogP contribution < -0.4 is 0 Å². The third kappa shape index (κ3) is 5.37. The molecule has 9 aromatic carbocycles. The number of hydrogen-bond acceptors (Lipinski definition) is 3. The Morgan fingerprint density at radius 1 is 0.250 bits per heavy atom. The first kappa shape index (κ1) is 29.9. The van der Waals surface area contributed by atoms with Gasteiger partial charge in [-0.3, -0.25) is 0 Å². The van der Waals surface area contributed by atoms with Gasteiger partial charge in [0.15, 0.2) is 17.5 Å². The van der Waals surface area contributed by atoms with E-state index in [4.69, 9.17) is 15.0 Å². The lowest BCUT2D eigenvalue weighted by Crippen LogP contribution is -2.00. The molecule has 0 bridgehead atoms. The fourth-order valence-electron chi connectivity index (χ4n) is 7.40. The van der Waals surface area contributed by atoms with E-state index in [-0.39, 0.29) is 0 Å². The monoisotopic (exact) mass is 661 g/mol. The molecule has 0 N–H and O–H groups in total. The fraction of sp³-hybridized carbons (Fsp3) is 0. The molecule has 242 valence electrons. The van der Waals surface area contributed by atoms with Crippen LogP contribution in [0, 0.1) is 0 Å². The third-order valence-electron chi connectivity index (χ3n) is 10.1. The van der Waals surface area contributed by atoms with Crippen molar-refractivity contribution < 1.29 is 0 Å². The molecule has 1 heterocycles. The van der Waals surface area contributed by atoms with Crippen LogP contribution in [-0.4, -0.2) is 15.0 Å². The predicted octanol–water partition coefficient (Wildman–Crippen LogP) is 12.8. The summed E-state index contributed by atoms with van der Waals surface area (Å²) in [6.07, 6.45) is 0.